The number of aliphatic hydroxyl groups is 5. The molecule has 6 bridgehead atoms. The first-order chi connectivity index (χ1) is 16.1. The van der Waals surface area contributed by atoms with Gasteiger partial charge >= 0.3 is 5.97 Å². The van der Waals surface area contributed by atoms with E-state index in [4.69, 9.17) is 23.7 Å². The molecule has 34 heavy (non-hydrogen) atoms. The molecular weight excluding hydrogens is 452 g/mol. The highest BCUT2D eigenvalue weighted by Gasteiger charge is 2.94. The highest BCUT2D eigenvalue weighted by molar-refractivity contribution is 5.89. The van der Waals surface area contributed by atoms with E-state index in [9.17, 15) is 30.3 Å². The first-order valence-electron chi connectivity index (χ1n) is 11.4. The summed E-state index contributed by atoms with van der Waals surface area (Å²) in [5, 5.41) is 51.7. The van der Waals surface area contributed by atoms with E-state index in [1.807, 2.05) is 0 Å². The second-order valence-corrected chi connectivity index (χ2v) is 10.2. The fourth-order valence-corrected chi connectivity index (χ4v) is 6.87. The summed E-state index contributed by atoms with van der Waals surface area (Å²) in [5.41, 5.74) is -2.99. The molecule has 1 unspecified atom stereocenters. The number of hydrogen-bond donors (Lipinski definition) is 5. The second kappa shape index (κ2) is 7.19. The standard InChI is InChI=1S/C23H28O11/c1-20-9-22(29)13-7-23(20,32-18-16(27)15(26)14(25)12(8-24)31-18)21(13,19(33-20)34-22)10-30-17(28)11-5-3-2-4-6-11/h2-6,12-16,18-19,24-27,29H,7-10H2,1H3/t12-,13+,14+,15+,16-,18+,19?,20+,21+,22-,23-/m1/s1. The van der Waals surface area contributed by atoms with E-state index in [0.29, 0.717) is 5.56 Å². The number of rotatable bonds is 6. The molecule has 0 aromatic heterocycles. The minimum atomic E-state index is -1.61. The van der Waals surface area contributed by atoms with Crippen molar-refractivity contribution >= 4 is 5.97 Å². The van der Waals surface area contributed by atoms with Crippen LogP contribution in [0, 0.1) is 11.3 Å². The fraction of sp³-hybridized carbons (Fsp3) is 0.696. The molecule has 0 amide bonds. The van der Waals surface area contributed by atoms with E-state index in [1.54, 1.807) is 37.3 Å². The summed E-state index contributed by atoms with van der Waals surface area (Å²) >= 11 is 0. The van der Waals surface area contributed by atoms with Crippen molar-refractivity contribution in [1.82, 2.24) is 0 Å². The molecule has 7 aliphatic rings. The lowest BCUT2D eigenvalue weighted by Gasteiger charge is -2.67. The molecule has 4 saturated heterocycles. The Morgan fingerprint density at radius 3 is 2.56 bits per heavy atom. The van der Waals surface area contributed by atoms with Crippen molar-refractivity contribution in [3.63, 3.8) is 0 Å². The summed E-state index contributed by atoms with van der Waals surface area (Å²) in [6, 6.07) is 8.47. The second-order valence-electron chi connectivity index (χ2n) is 10.2. The van der Waals surface area contributed by atoms with Crippen molar-refractivity contribution in [1.29, 1.82) is 0 Å². The third-order valence-electron chi connectivity index (χ3n) is 8.57. The largest absolute Gasteiger partial charge is 0.461 e. The van der Waals surface area contributed by atoms with Crippen LogP contribution in [-0.4, -0.2) is 98.7 Å². The first kappa shape index (κ1) is 22.8. The number of hydrogen-bond acceptors (Lipinski definition) is 11. The van der Waals surface area contributed by atoms with Gasteiger partial charge in [0.25, 0.3) is 0 Å². The van der Waals surface area contributed by atoms with Crippen LogP contribution in [0.15, 0.2) is 30.3 Å². The van der Waals surface area contributed by atoms with Gasteiger partial charge in [-0.1, -0.05) is 18.2 Å². The van der Waals surface area contributed by atoms with Gasteiger partial charge in [0.15, 0.2) is 18.4 Å². The summed E-state index contributed by atoms with van der Waals surface area (Å²) in [7, 11) is 0. The van der Waals surface area contributed by atoms with E-state index >= 15 is 0 Å². The third-order valence-corrected chi connectivity index (χ3v) is 8.57. The van der Waals surface area contributed by atoms with E-state index in [1.165, 1.54) is 0 Å². The molecule has 1 aromatic rings. The number of benzene rings is 1. The van der Waals surface area contributed by atoms with Crippen molar-refractivity contribution in [2.24, 2.45) is 11.3 Å². The molecule has 4 heterocycles. The monoisotopic (exact) mass is 480 g/mol. The van der Waals surface area contributed by atoms with Crippen LogP contribution in [0.3, 0.4) is 0 Å². The van der Waals surface area contributed by atoms with Gasteiger partial charge in [-0.15, -0.1) is 0 Å². The van der Waals surface area contributed by atoms with Gasteiger partial charge in [0, 0.05) is 12.3 Å². The predicted octanol–water partition coefficient (Wildman–Crippen LogP) is -1.36. The van der Waals surface area contributed by atoms with Crippen LogP contribution in [0.5, 0.6) is 0 Å². The number of carbonyl (C=O) groups excluding carboxylic acids is 1. The van der Waals surface area contributed by atoms with Gasteiger partial charge in [-0.3, -0.25) is 0 Å². The molecule has 11 nitrogen and oxygen atoms in total. The van der Waals surface area contributed by atoms with Crippen molar-refractivity contribution in [3.8, 4) is 0 Å². The van der Waals surface area contributed by atoms with Crippen LogP contribution >= 0.6 is 0 Å². The molecule has 8 rings (SSSR count). The highest BCUT2D eigenvalue weighted by Crippen LogP contribution is 2.81. The minimum absolute atomic E-state index is 0.0902. The Kier molecular flexibility index (Phi) is 4.81. The highest BCUT2D eigenvalue weighted by atomic mass is 16.8. The summed E-state index contributed by atoms with van der Waals surface area (Å²) in [5.74, 6) is -2.49. The van der Waals surface area contributed by atoms with Crippen molar-refractivity contribution < 1.29 is 54.0 Å². The molecule has 11 heteroatoms. The zero-order valence-electron chi connectivity index (χ0n) is 18.4. The maximum atomic E-state index is 12.7. The lowest BCUT2D eigenvalue weighted by atomic mass is 9.41. The molecule has 1 aromatic carbocycles. The maximum absolute atomic E-state index is 12.7. The Morgan fingerprint density at radius 1 is 1.12 bits per heavy atom. The molecular formula is C23H28O11. The van der Waals surface area contributed by atoms with Crippen molar-refractivity contribution in [2.45, 2.75) is 73.8 Å². The molecule has 3 aliphatic carbocycles. The SMILES string of the molecule is C[C@@]12C[C@@]3(O)OC(O1)[C@]1(COC(=O)c4ccccc4)[C@@H]3C[C@@]21O[C@@H]1O[C@H](CO)[C@H](O)[C@H](O)[C@H]1O. The van der Waals surface area contributed by atoms with Gasteiger partial charge < -0.3 is 49.2 Å². The average Bonchev–Trinajstić information content (AvgIpc) is 3.00. The Hall–Kier alpha value is -1.67. The Labute approximate surface area is 194 Å². The van der Waals surface area contributed by atoms with Gasteiger partial charge in [-0.05, 0) is 25.5 Å². The summed E-state index contributed by atoms with van der Waals surface area (Å²) in [6.07, 6.45) is -7.87. The van der Waals surface area contributed by atoms with E-state index in [0.717, 1.165) is 0 Å². The maximum Gasteiger partial charge on any atom is 0.338 e. The molecule has 11 atom stereocenters. The Bertz CT molecular complexity index is 988. The minimum Gasteiger partial charge on any atom is -0.461 e. The Morgan fingerprint density at radius 2 is 1.85 bits per heavy atom. The van der Waals surface area contributed by atoms with Crippen LogP contribution in [0.25, 0.3) is 0 Å². The lowest BCUT2D eigenvalue weighted by molar-refractivity contribution is -0.424. The van der Waals surface area contributed by atoms with Crippen LogP contribution < -0.4 is 0 Å². The van der Waals surface area contributed by atoms with Crippen LogP contribution in [-0.2, 0) is 23.7 Å². The molecule has 3 saturated carbocycles. The summed E-state index contributed by atoms with van der Waals surface area (Å²) in [4.78, 5) is 12.7. The Balaban J connectivity index is 1.32. The smallest absolute Gasteiger partial charge is 0.338 e. The first-order valence-corrected chi connectivity index (χ1v) is 11.4. The zero-order chi connectivity index (χ0) is 24.1. The topological polar surface area (TPSA) is 164 Å². The van der Waals surface area contributed by atoms with Crippen molar-refractivity contribution in [3.05, 3.63) is 35.9 Å². The number of aliphatic hydroxyl groups excluding tert-OH is 4. The van der Waals surface area contributed by atoms with Gasteiger partial charge in [0.05, 0.1) is 17.6 Å². The average molecular weight is 480 g/mol. The molecule has 186 valence electrons. The van der Waals surface area contributed by atoms with Crippen LogP contribution in [0.2, 0.25) is 0 Å². The number of ether oxygens (including phenoxy) is 5. The van der Waals surface area contributed by atoms with Crippen LogP contribution in [0.1, 0.15) is 30.1 Å². The fourth-order valence-electron chi connectivity index (χ4n) is 6.87. The summed E-state index contributed by atoms with van der Waals surface area (Å²) in [6.45, 7) is 0.985. The zero-order valence-corrected chi connectivity index (χ0v) is 18.4. The van der Waals surface area contributed by atoms with E-state index in [2.05, 4.69) is 0 Å². The molecule has 4 aliphatic heterocycles. The van der Waals surface area contributed by atoms with Crippen LogP contribution in [0.4, 0.5) is 0 Å². The van der Waals surface area contributed by atoms with Gasteiger partial charge in [-0.25, -0.2) is 4.79 Å². The molecule has 0 spiro atoms. The number of carbonyl (C=O) groups is 1. The van der Waals surface area contributed by atoms with Crippen molar-refractivity contribution in [2.75, 3.05) is 13.2 Å². The molecule has 7 fully saturated rings. The number of esters is 1. The van der Waals surface area contributed by atoms with Gasteiger partial charge in [0.2, 0.25) is 0 Å². The molecule has 0 radical (unpaired) electrons. The third kappa shape index (κ3) is 2.59. The quantitative estimate of drug-likeness (QED) is 0.306. The molecule has 5 N–H and O–H groups in total. The van der Waals surface area contributed by atoms with Gasteiger partial charge in [-0.2, -0.15) is 0 Å². The van der Waals surface area contributed by atoms with E-state index < -0.39 is 77.9 Å². The van der Waals surface area contributed by atoms with E-state index in [-0.39, 0.29) is 19.4 Å². The lowest BCUT2D eigenvalue weighted by Crippen LogP contribution is -2.80. The van der Waals surface area contributed by atoms with Gasteiger partial charge in [0.1, 0.15) is 42.2 Å². The predicted molar refractivity (Wildman–Crippen MR) is 109 cm³/mol. The summed E-state index contributed by atoms with van der Waals surface area (Å²) < 4.78 is 29.7. The normalized spacial score (nSPS) is 52.5.